The van der Waals surface area contributed by atoms with Crippen molar-refractivity contribution in [1.82, 2.24) is 0 Å². The maximum atomic E-state index is 11.3. The molecule has 0 atom stereocenters. The lowest BCUT2D eigenvalue weighted by molar-refractivity contribution is -0.112. The summed E-state index contributed by atoms with van der Waals surface area (Å²) >= 11 is 0. The van der Waals surface area contributed by atoms with Gasteiger partial charge in [0.2, 0.25) is 0 Å². The molecular formula is C12H9NO. The maximum Gasteiger partial charge on any atom is 0.177 e. The highest BCUT2D eigenvalue weighted by Gasteiger charge is 2.24. The Morgan fingerprint density at radius 2 is 2.00 bits per heavy atom. The second kappa shape index (κ2) is 2.58. The van der Waals surface area contributed by atoms with Crippen LogP contribution in [0.2, 0.25) is 0 Å². The number of hydrogen-bond acceptors (Lipinski definition) is 2. The molecule has 2 aliphatic rings. The number of allylic oxidation sites excluding steroid dienone is 1. The Hall–Kier alpha value is -1.83. The van der Waals surface area contributed by atoms with Gasteiger partial charge in [-0.2, -0.15) is 0 Å². The first-order valence-corrected chi connectivity index (χ1v) is 4.64. The molecule has 0 aromatic heterocycles. The van der Waals surface area contributed by atoms with Crippen molar-refractivity contribution in [2.24, 2.45) is 0 Å². The first-order chi connectivity index (χ1) is 6.84. The molecule has 0 radical (unpaired) electrons. The number of anilines is 1. The average molecular weight is 183 g/mol. The molecule has 0 aliphatic carbocycles. The molecule has 1 aromatic rings. The van der Waals surface area contributed by atoms with Crippen molar-refractivity contribution in [1.29, 1.82) is 0 Å². The predicted octanol–water partition coefficient (Wildman–Crippen LogP) is 1.99. The molecule has 0 fully saturated rings. The molecule has 3 rings (SSSR count). The predicted molar refractivity (Wildman–Crippen MR) is 55.9 cm³/mol. The van der Waals surface area contributed by atoms with E-state index in [1.807, 2.05) is 24.3 Å². The molecule has 1 aromatic carbocycles. The topological polar surface area (TPSA) is 20.3 Å². The molecule has 2 aliphatic heterocycles. The van der Waals surface area contributed by atoms with Crippen LogP contribution in [0.5, 0.6) is 0 Å². The monoisotopic (exact) mass is 183 g/mol. The van der Waals surface area contributed by atoms with E-state index in [1.165, 1.54) is 5.56 Å². The number of rotatable bonds is 0. The van der Waals surface area contributed by atoms with Crippen LogP contribution in [-0.2, 0) is 4.79 Å². The minimum absolute atomic E-state index is 0.182. The van der Waals surface area contributed by atoms with E-state index in [-0.39, 0.29) is 5.78 Å². The number of nitrogens with zero attached hydrogens (tertiary/aromatic N) is 1. The Morgan fingerprint density at radius 1 is 1.14 bits per heavy atom. The molecule has 2 heterocycles. The molecule has 0 saturated carbocycles. The largest absolute Gasteiger partial charge is 0.333 e. The highest BCUT2D eigenvalue weighted by atomic mass is 16.1. The highest BCUT2D eigenvalue weighted by molar-refractivity contribution is 6.01. The zero-order valence-electron chi connectivity index (χ0n) is 7.60. The van der Waals surface area contributed by atoms with Gasteiger partial charge >= 0.3 is 0 Å². The van der Waals surface area contributed by atoms with E-state index >= 15 is 0 Å². The SMILES string of the molecule is O=C1C=C2C=Cc3ccccc3N2C1. The summed E-state index contributed by atoms with van der Waals surface area (Å²) < 4.78 is 0. The highest BCUT2D eigenvalue weighted by Crippen LogP contribution is 2.32. The Bertz CT molecular complexity index is 471. The molecule has 68 valence electrons. The number of hydrogen-bond donors (Lipinski definition) is 0. The molecular weight excluding hydrogens is 174 g/mol. The summed E-state index contributed by atoms with van der Waals surface area (Å²) in [4.78, 5) is 13.3. The van der Waals surface area contributed by atoms with Crippen molar-refractivity contribution in [2.45, 2.75) is 0 Å². The lowest BCUT2D eigenvalue weighted by atomic mass is 10.1. The third-order valence-electron chi connectivity index (χ3n) is 2.60. The number of benzene rings is 1. The Balaban J connectivity index is 2.19. The van der Waals surface area contributed by atoms with Gasteiger partial charge in [0.15, 0.2) is 5.78 Å². The summed E-state index contributed by atoms with van der Waals surface area (Å²) in [5, 5.41) is 0. The first-order valence-electron chi connectivity index (χ1n) is 4.64. The normalized spacial score (nSPS) is 17.9. The van der Waals surface area contributed by atoms with Crippen LogP contribution >= 0.6 is 0 Å². The van der Waals surface area contributed by atoms with Gasteiger partial charge in [0, 0.05) is 17.5 Å². The fourth-order valence-electron chi connectivity index (χ4n) is 1.95. The molecule has 2 nitrogen and oxygen atoms in total. The van der Waals surface area contributed by atoms with E-state index in [1.54, 1.807) is 6.08 Å². The minimum Gasteiger partial charge on any atom is -0.333 e. The molecule has 0 unspecified atom stereocenters. The van der Waals surface area contributed by atoms with E-state index in [0.29, 0.717) is 6.54 Å². The minimum atomic E-state index is 0.182. The van der Waals surface area contributed by atoms with Crippen molar-refractivity contribution in [3.63, 3.8) is 0 Å². The van der Waals surface area contributed by atoms with Crippen LogP contribution in [-0.4, -0.2) is 12.3 Å². The Kier molecular flexibility index (Phi) is 1.39. The van der Waals surface area contributed by atoms with Crippen LogP contribution in [0.1, 0.15) is 5.56 Å². The lowest BCUT2D eigenvalue weighted by Crippen LogP contribution is -2.22. The second-order valence-electron chi connectivity index (χ2n) is 3.51. The summed E-state index contributed by atoms with van der Waals surface area (Å²) in [5.74, 6) is 0.182. The molecule has 2 heteroatoms. The molecule has 0 N–H and O–H groups in total. The lowest BCUT2D eigenvalue weighted by Gasteiger charge is -2.25. The smallest absolute Gasteiger partial charge is 0.177 e. The third kappa shape index (κ3) is 0.940. The van der Waals surface area contributed by atoms with Gasteiger partial charge in [-0.15, -0.1) is 0 Å². The summed E-state index contributed by atoms with van der Waals surface area (Å²) in [6, 6.07) is 8.12. The van der Waals surface area contributed by atoms with Crippen molar-refractivity contribution in [3.8, 4) is 0 Å². The zero-order valence-corrected chi connectivity index (χ0v) is 7.60. The Labute approximate surface area is 82.2 Å². The number of carbonyl (C=O) groups excluding carboxylic acids is 1. The molecule has 0 spiro atoms. The van der Waals surface area contributed by atoms with Gasteiger partial charge in [-0.05, 0) is 17.7 Å². The number of para-hydroxylation sites is 1. The van der Waals surface area contributed by atoms with Crippen LogP contribution in [0.4, 0.5) is 5.69 Å². The van der Waals surface area contributed by atoms with Crippen molar-refractivity contribution in [3.05, 3.63) is 47.7 Å². The van der Waals surface area contributed by atoms with Gasteiger partial charge in [-0.25, -0.2) is 0 Å². The summed E-state index contributed by atoms with van der Waals surface area (Å²) in [7, 11) is 0. The summed E-state index contributed by atoms with van der Waals surface area (Å²) in [6.45, 7) is 0.483. The van der Waals surface area contributed by atoms with Gasteiger partial charge in [-0.1, -0.05) is 24.3 Å². The Morgan fingerprint density at radius 3 is 2.93 bits per heavy atom. The van der Waals surface area contributed by atoms with Crippen LogP contribution < -0.4 is 4.90 Å². The van der Waals surface area contributed by atoms with E-state index in [4.69, 9.17) is 0 Å². The van der Waals surface area contributed by atoms with Gasteiger partial charge < -0.3 is 4.90 Å². The molecule has 0 saturated heterocycles. The molecule has 14 heavy (non-hydrogen) atoms. The van der Waals surface area contributed by atoms with Crippen LogP contribution in [0, 0.1) is 0 Å². The second-order valence-corrected chi connectivity index (χ2v) is 3.51. The third-order valence-corrected chi connectivity index (χ3v) is 2.60. The molecule has 0 bridgehead atoms. The van der Waals surface area contributed by atoms with Gasteiger partial charge in [0.1, 0.15) is 0 Å². The maximum absolute atomic E-state index is 11.3. The van der Waals surface area contributed by atoms with Crippen LogP contribution in [0.15, 0.2) is 42.1 Å². The zero-order chi connectivity index (χ0) is 9.54. The average Bonchev–Trinajstić information content (AvgIpc) is 2.59. The fourth-order valence-corrected chi connectivity index (χ4v) is 1.95. The van der Waals surface area contributed by atoms with Crippen molar-refractivity contribution >= 4 is 17.5 Å². The number of ketones is 1. The van der Waals surface area contributed by atoms with E-state index in [2.05, 4.69) is 17.0 Å². The molecule has 0 amide bonds. The first kappa shape index (κ1) is 7.56. The van der Waals surface area contributed by atoms with E-state index in [0.717, 1.165) is 11.4 Å². The van der Waals surface area contributed by atoms with Crippen molar-refractivity contribution < 1.29 is 4.79 Å². The van der Waals surface area contributed by atoms with Gasteiger partial charge in [0.05, 0.1) is 6.54 Å². The number of fused-ring (bicyclic) bond motifs is 3. The summed E-state index contributed by atoms with van der Waals surface area (Å²) in [5.41, 5.74) is 3.32. The van der Waals surface area contributed by atoms with Crippen molar-refractivity contribution in [2.75, 3.05) is 11.4 Å². The summed E-state index contributed by atoms with van der Waals surface area (Å²) in [6.07, 6.45) is 5.75. The standard InChI is InChI=1S/C12H9NO/c14-11-7-10-6-5-9-3-1-2-4-12(9)13(10)8-11/h1-7H,8H2. The van der Waals surface area contributed by atoms with Gasteiger partial charge in [-0.3, -0.25) is 4.79 Å². The van der Waals surface area contributed by atoms with Crippen LogP contribution in [0.25, 0.3) is 6.08 Å². The van der Waals surface area contributed by atoms with Crippen LogP contribution in [0.3, 0.4) is 0 Å². The van der Waals surface area contributed by atoms with E-state index < -0.39 is 0 Å². The quantitative estimate of drug-likeness (QED) is 0.613. The van der Waals surface area contributed by atoms with E-state index in [9.17, 15) is 4.79 Å². The fraction of sp³-hybridized carbons (Fsp3) is 0.0833. The van der Waals surface area contributed by atoms with Gasteiger partial charge in [0.25, 0.3) is 0 Å². The number of carbonyl (C=O) groups is 1.